The van der Waals surface area contributed by atoms with Gasteiger partial charge < -0.3 is 5.73 Å². The first-order valence-electron chi connectivity index (χ1n) is 5.46. The zero-order chi connectivity index (χ0) is 14.2. The summed E-state index contributed by atoms with van der Waals surface area (Å²) >= 11 is 12.9. The fourth-order valence-corrected chi connectivity index (χ4v) is 2.88. The Labute approximate surface area is 133 Å². The molecule has 2 aromatic rings. The van der Waals surface area contributed by atoms with Crippen molar-refractivity contribution in [2.24, 2.45) is 0 Å². The second-order valence-electron chi connectivity index (χ2n) is 4.12. The van der Waals surface area contributed by atoms with Gasteiger partial charge in [-0.3, -0.25) is 4.79 Å². The van der Waals surface area contributed by atoms with Gasteiger partial charge in [0.15, 0.2) is 5.78 Å². The molecule has 0 bridgehead atoms. The molecular formula is C14H10Br2ClNO. The number of rotatable bonds is 2. The number of benzene rings is 2. The average Bonchev–Trinajstić information content (AvgIpc) is 2.36. The molecule has 0 radical (unpaired) electrons. The minimum Gasteiger partial charge on any atom is -0.398 e. The molecule has 2 rings (SSSR count). The fourth-order valence-electron chi connectivity index (χ4n) is 1.69. The quantitative estimate of drug-likeness (QED) is 0.567. The lowest BCUT2D eigenvalue weighted by atomic mass is 10.0. The van der Waals surface area contributed by atoms with Crippen LogP contribution in [0.5, 0.6) is 0 Å². The molecule has 0 aliphatic heterocycles. The van der Waals surface area contributed by atoms with Crippen LogP contribution in [0.25, 0.3) is 0 Å². The van der Waals surface area contributed by atoms with Crippen LogP contribution < -0.4 is 5.73 Å². The van der Waals surface area contributed by atoms with E-state index in [0.717, 1.165) is 14.5 Å². The van der Waals surface area contributed by atoms with Gasteiger partial charge in [0.2, 0.25) is 0 Å². The smallest absolute Gasteiger partial charge is 0.195 e. The van der Waals surface area contributed by atoms with Crippen molar-refractivity contribution in [2.45, 2.75) is 6.92 Å². The molecule has 0 unspecified atom stereocenters. The molecule has 0 saturated carbocycles. The normalized spacial score (nSPS) is 10.5. The van der Waals surface area contributed by atoms with E-state index in [0.29, 0.717) is 16.8 Å². The summed E-state index contributed by atoms with van der Waals surface area (Å²) in [4.78, 5) is 12.5. The van der Waals surface area contributed by atoms with Crippen LogP contribution in [0.4, 0.5) is 5.69 Å². The van der Waals surface area contributed by atoms with Gasteiger partial charge in [-0.15, -0.1) is 0 Å². The predicted octanol–water partition coefficient (Wildman–Crippen LogP) is 4.99. The van der Waals surface area contributed by atoms with Gasteiger partial charge in [-0.1, -0.05) is 49.5 Å². The van der Waals surface area contributed by atoms with E-state index in [9.17, 15) is 4.79 Å². The minimum absolute atomic E-state index is 0.162. The van der Waals surface area contributed by atoms with Crippen LogP contribution in [0, 0.1) is 6.92 Å². The maximum absolute atomic E-state index is 12.5. The van der Waals surface area contributed by atoms with Crippen molar-refractivity contribution in [3.8, 4) is 0 Å². The van der Waals surface area contributed by atoms with Crippen molar-refractivity contribution in [1.82, 2.24) is 0 Å². The summed E-state index contributed by atoms with van der Waals surface area (Å²) in [6, 6.07) is 8.71. The van der Waals surface area contributed by atoms with E-state index in [1.165, 1.54) is 0 Å². The number of nitrogens with two attached hydrogens (primary N) is 1. The van der Waals surface area contributed by atoms with Crippen LogP contribution in [0.15, 0.2) is 39.3 Å². The Hall–Kier alpha value is -0.840. The SMILES string of the molecule is Cc1cc(Br)c(C(=O)c2cccc(N)c2Cl)cc1Br. The Bertz CT molecular complexity index is 671. The van der Waals surface area contributed by atoms with E-state index in [2.05, 4.69) is 31.9 Å². The highest BCUT2D eigenvalue weighted by atomic mass is 79.9. The van der Waals surface area contributed by atoms with E-state index < -0.39 is 0 Å². The Morgan fingerprint density at radius 3 is 2.53 bits per heavy atom. The molecule has 0 aliphatic rings. The van der Waals surface area contributed by atoms with Crippen molar-refractivity contribution in [3.05, 3.63) is 61.0 Å². The molecule has 0 aliphatic carbocycles. The number of halogens is 3. The third kappa shape index (κ3) is 2.86. The summed E-state index contributed by atoms with van der Waals surface area (Å²) in [5.74, 6) is -0.162. The van der Waals surface area contributed by atoms with Crippen LogP contribution in [0.2, 0.25) is 5.02 Å². The first-order valence-corrected chi connectivity index (χ1v) is 7.42. The number of hydrogen-bond donors (Lipinski definition) is 1. The number of ketones is 1. The summed E-state index contributed by atoms with van der Waals surface area (Å²) in [7, 11) is 0. The summed E-state index contributed by atoms with van der Waals surface area (Å²) in [5.41, 5.74) is 8.11. The van der Waals surface area contributed by atoms with Crippen molar-refractivity contribution in [2.75, 3.05) is 5.73 Å². The number of nitrogen functional groups attached to an aromatic ring is 1. The standard InChI is InChI=1S/C14H10Br2ClNO/c1-7-5-11(16)9(6-10(7)15)14(19)8-3-2-4-12(18)13(8)17/h2-6H,18H2,1H3. The van der Waals surface area contributed by atoms with E-state index in [1.807, 2.05) is 13.0 Å². The monoisotopic (exact) mass is 401 g/mol. The van der Waals surface area contributed by atoms with Crippen LogP contribution in [0.1, 0.15) is 21.5 Å². The van der Waals surface area contributed by atoms with E-state index in [4.69, 9.17) is 17.3 Å². The molecule has 0 atom stereocenters. The van der Waals surface area contributed by atoms with Crippen molar-refractivity contribution in [3.63, 3.8) is 0 Å². The van der Waals surface area contributed by atoms with Gasteiger partial charge in [0.05, 0.1) is 10.7 Å². The summed E-state index contributed by atoms with van der Waals surface area (Å²) in [5, 5.41) is 0.288. The van der Waals surface area contributed by atoms with Gasteiger partial charge in [-0.05, 0) is 36.8 Å². The third-order valence-corrected chi connectivity index (χ3v) is 4.70. The Kier molecular flexibility index (Phi) is 4.33. The molecule has 98 valence electrons. The Morgan fingerprint density at radius 1 is 1.16 bits per heavy atom. The van der Waals surface area contributed by atoms with Gasteiger partial charge in [0.25, 0.3) is 0 Å². The number of carbonyl (C=O) groups is 1. The summed E-state index contributed by atoms with van der Waals surface area (Å²) in [6.45, 7) is 1.95. The maximum Gasteiger partial charge on any atom is 0.195 e. The molecule has 0 saturated heterocycles. The molecule has 0 amide bonds. The second kappa shape index (κ2) is 5.65. The molecule has 0 aromatic heterocycles. The predicted molar refractivity (Wildman–Crippen MR) is 85.9 cm³/mol. The molecule has 5 heteroatoms. The fraction of sp³-hybridized carbons (Fsp3) is 0.0714. The molecule has 0 spiro atoms. The van der Waals surface area contributed by atoms with Crippen LogP contribution in [-0.2, 0) is 0 Å². The van der Waals surface area contributed by atoms with Crippen LogP contribution in [0.3, 0.4) is 0 Å². The zero-order valence-corrected chi connectivity index (χ0v) is 13.9. The first-order chi connectivity index (χ1) is 8.91. The van der Waals surface area contributed by atoms with E-state index in [-0.39, 0.29) is 10.8 Å². The molecular weight excluding hydrogens is 393 g/mol. The Balaban J connectivity index is 2.56. The zero-order valence-electron chi connectivity index (χ0n) is 10.0. The van der Waals surface area contributed by atoms with Gasteiger partial charge in [0, 0.05) is 20.1 Å². The van der Waals surface area contributed by atoms with Gasteiger partial charge >= 0.3 is 0 Å². The molecule has 2 nitrogen and oxygen atoms in total. The highest BCUT2D eigenvalue weighted by molar-refractivity contribution is 9.11. The maximum atomic E-state index is 12.5. The molecule has 2 N–H and O–H groups in total. The van der Waals surface area contributed by atoms with Crippen molar-refractivity contribution in [1.29, 1.82) is 0 Å². The summed E-state index contributed by atoms with van der Waals surface area (Å²) < 4.78 is 1.61. The highest BCUT2D eigenvalue weighted by Crippen LogP contribution is 2.30. The molecule has 2 aromatic carbocycles. The number of carbonyl (C=O) groups excluding carboxylic acids is 1. The second-order valence-corrected chi connectivity index (χ2v) is 6.21. The number of anilines is 1. The number of aryl methyl sites for hydroxylation is 1. The first kappa shape index (κ1) is 14.6. The topological polar surface area (TPSA) is 43.1 Å². The average molecular weight is 404 g/mol. The van der Waals surface area contributed by atoms with E-state index in [1.54, 1.807) is 24.3 Å². The number of hydrogen-bond acceptors (Lipinski definition) is 2. The molecule has 0 heterocycles. The molecule has 19 heavy (non-hydrogen) atoms. The van der Waals surface area contributed by atoms with Gasteiger partial charge in [-0.2, -0.15) is 0 Å². The van der Waals surface area contributed by atoms with Gasteiger partial charge in [0.1, 0.15) is 0 Å². The summed E-state index contributed by atoms with van der Waals surface area (Å²) in [6.07, 6.45) is 0. The van der Waals surface area contributed by atoms with Gasteiger partial charge in [-0.25, -0.2) is 0 Å². The van der Waals surface area contributed by atoms with Crippen molar-refractivity contribution >= 4 is 54.9 Å². The minimum atomic E-state index is -0.162. The van der Waals surface area contributed by atoms with Crippen LogP contribution >= 0.6 is 43.5 Å². The lowest BCUT2D eigenvalue weighted by Gasteiger charge is -2.09. The highest BCUT2D eigenvalue weighted by Gasteiger charge is 2.17. The largest absolute Gasteiger partial charge is 0.398 e. The van der Waals surface area contributed by atoms with Crippen LogP contribution in [-0.4, -0.2) is 5.78 Å². The van der Waals surface area contributed by atoms with E-state index >= 15 is 0 Å². The third-order valence-electron chi connectivity index (χ3n) is 2.77. The lowest BCUT2D eigenvalue weighted by molar-refractivity contribution is 0.103. The Morgan fingerprint density at radius 2 is 1.84 bits per heavy atom. The van der Waals surface area contributed by atoms with Crippen molar-refractivity contribution < 1.29 is 4.79 Å². The lowest BCUT2D eigenvalue weighted by Crippen LogP contribution is -2.05. The molecule has 0 fully saturated rings.